The van der Waals surface area contributed by atoms with E-state index >= 15 is 0 Å². The summed E-state index contributed by atoms with van der Waals surface area (Å²) in [5, 5.41) is 14.4. The quantitative estimate of drug-likeness (QED) is 0.411. The Hall–Kier alpha value is -2.16. The molecule has 1 rings (SSSR count). The van der Waals surface area contributed by atoms with Gasteiger partial charge in [-0.15, -0.1) is 0 Å². The lowest BCUT2D eigenvalue weighted by molar-refractivity contribution is -0.149. The molecule has 3 unspecified atom stereocenters. The van der Waals surface area contributed by atoms with Crippen LogP contribution in [0.4, 0.5) is 0 Å². The number of amides is 3. The van der Waals surface area contributed by atoms with Crippen molar-refractivity contribution in [3.63, 3.8) is 0 Å². The van der Waals surface area contributed by atoms with Crippen LogP contribution in [0.3, 0.4) is 0 Å². The Bertz CT molecular complexity index is 579. The van der Waals surface area contributed by atoms with E-state index in [0.29, 0.717) is 32.2 Å². The third kappa shape index (κ3) is 7.46. The average molecular weight is 399 g/mol. The summed E-state index contributed by atoms with van der Waals surface area (Å²) in [4.78, 5) is 49.7. The van der Waals surface area contributed by atoms with Gasteiger partial charge in [-0.2, -0.15) is 0 Å². The molecule has 0 radical (unpaired) electrons. The third-order valence-corrected chi connectivity index (χ3v) is 4.65. The molecule has 0 bridgehead atoms. The van der Waals surface area contributed by atoms with E-state index in [2.05, 4.69) is 10.6 Å². The minimum Gasteiger partial charge on any atom is -0.480 e. The van der Waals surface area contributed by atoms with Gasteiger partial charge < -0.3 is 26.4 Å². The van der Waals surface area contributed by atoms with Crippen LogP contribution in [0.25, 0.3) is 0 Å². The van der Waals surface area contributed by atoms with Crippen molar-refractivity contribution in [3.8, 4) is 0 Å². The Morgan fingerprint density at radius 3 is 2.25 bits per heavy atom. The Labute approximate surface area is 166 Å². The molecule has 9 heteroatoms. The topological polar surface area (TPSA) is 142 Å². The van der Waals surface area contributed by atoms with Crippen molar-refractivity contribution in [2.75, 3.05) is 13.1 Å². The smallest absolute Gasteiger partial charge is 0.326 e. The summed E-state index contributed by atoms with van der Waals surface area (Å²) in [5.41, 5.74) is 5.79. The second kappa shape index (κ2) is 11.0. The fourth-order valence-corrected chi connectivity index (χ4v) is 3.34. The van der Waals surface area contributed by atoms with Crippen molar-refractivity contribution < 1.29 is 24.3 Å². The second-order valence-electron chi connectivity index (χ2n) is 8.23. The predicted molar refractivity (Wildman–Crippen MR) is 104 cm³/mol. The maximum absolute atomic E-state index is 12.8. The first-order chi connectivity index (χ1) is 13.0. The van der Waals surface area contributed by atoms with E-state index in [1.165, 1.54) is 4.90 Å². The summed E-state index contributed by atoms with van der Waals surface area (Å²) in [6, 6.07) is -2.37. The highest BCUT2D eigenvalue weighted by atomic mass is 16.4. The van der Waals surface area contributed by atoms with Gasteiger partial charge in [0.1, 0.15) is 12.1 Å². The number of rotatable bonds is 10. The molecule has 0 aromatic carbocycles. The third-order valence-electron chi connectivity index (χ3n) is 4.65. The summed E-state index contributed by atoms with van der Waals surface area (Å²) >= 11 is 0. The Morgan fingerprint density at radius 1 is 1.11 bits per heavy atom. The Morgan fingerprint density at radius 2 is 1.71 bits per heavy atom. The maximum atomic E-state index is 12.8. The Kier molecular flexibility index (Phi) is 9.37. The van der Waals surface area contributed by atoms with E-state index in [9.17, 15) is 24.3 Å². The molecule has 3 atom stereocenters. The van der Waals surface area contributed by atoms with E-state index in [4.69, 9.17) is 5.73 Å². The molecule has 28 heavy (non-hydrogen) atoms. The molecular formula is C19H34N4O5. The van der Waals surface area contributed by atoms with Crippen LogP contribution >= 0.6 is 0 Å². The lowest BCUT2D eigenvalue weighted by Crippen LogP contribution is -2.54. The number of carbonyl (C=O) groups is 4. The minimum atomic E-state index is -1.04. The van der Waals surface area contributed by atoms with Gasteiger partial charge in [-0.3, -0.25) is 14.4 Å². The van der Waals surface area contributed by atoms with Crippen LogP contribution in [-0.2, 0) is 19.2 Å². The van der Waals surface area contributed by atoms with Crippen molar-refractivity contribution in [2.24, 2.45) is 17.6 Å². The standard InChI is InChI=1S/C19H34N4O5/c1-11(2)8-13(20)17(25)21-10-16(24)22-14(9-12(3)4)18(26)23-7-5-6-15(23)19(27)28/h11-15H,5-10,20H2,1-4H3,(H,21,25)(H,22,24)(H,27,28). The zero-order valence-corrected chi connectivity index (χ0v) is 17.2. The van der Waals surface area contributed by atoms with Crippen LogP contribution in [0.1, 0.15) is 53.4 Å². The molecule has 1 saturated heterocycles. The van der Waals surface area contributed by atoms with Gasteiger partial charge in [0.2, 0.25) is 17.7 Å². The van der Waals surface area contributed by atoms with E-state index in [1.807, 2.05) is 27.7 Å². The van der Waals surface area contributed by atoms with Gasteiger partial charge in [-0.05, 0) is 37.5 Å². The van der Waals surface area contributed by atoms with Gasteiger partial charge >= 0.3 is 5.97 Å². The number of carboxylic acid groups (broad SMARTS) is 1. The number of likely N-dealkylation sites (tertiary alicyclic amines) is 1. The average Bonchev–Trinajstić information content (AvgIpc) is 3.07. The SMILES string of the molecule is CC(C)CC(N)C(=O)NCC(=O)NC(CC(C)C)C(=O)N1CCCC1C(=O)O. The van der Waals surface area contributed by atoms with E-state index < -0.39 is 41.8 Å². The minimum absolute atomic E-state index is 0.120. The first-order valence-corrected chi connectivity index (χ1v) is 9.88. The first kappa shape index (κ1) is 23.9. The molecule has 160 valence electrons. The second-order valence-corrected chi connectivity index (χ2v) is 8.23. The zero-order chi connectivity index (χ0) is 21.4. The lowest BCUT2D eigenvalue weighted by Gasteiger charge is -2.28. The number of hydrogen-bond acceptors (Lipinski definition) is 5. The molecule has 5 N–H and O–H groups in total. The number of aliphatic carboxylic acids is 1. The molecule has 1 heterocycles. The zero-order valence-electron chi connectivity index (χ0n) is 17.2. The highest BCUT2D eigenvalue weighted by Crippen LogP contribution is 2.20. The summed E-state index contributed by atoms with van der Waals surface area (Å²) in [6.45, 7) is 7.81. The first-order valence-electron chi connectivity index (χ1n) is 9.88. The van der Waals surface area contributed by atoms with E-state index in [0.717, 1.165) is 0 Å². The van der Waals surface area contributed by atoms with Gasteiger partial charge in [-0.1, -0.05) is 27.7 Å². The van der Waals surface area contributed by atoms with Crippen LogP contribution in [-0.4, -0.2) is 64.9 Å². The molecule has 9 nitrogen and oxygen atoms in total. The highest BCUT2D eigenvalue weighted by molar-refractivity contribution is 5.92. The van der Waals surface area contributed by atoms with Gasteiger partial charge in [0.25, 0.3) is 0 Å². The van der Waals surface area contributed by atoms with Gasteiger partial charge in [0, 0.05) is 6.54 Å². The molecule has 0 aliphatic carbocycles. The number of nitrogens with one attached hydrogen (secondary N) is 2. The molecule has 3 amide bonds. The fourth-order valence-electron chi connectivity index (χ4n) is 3.34. The molecular weight excluding hydrogens is 364 g/mol. The van der Waals surface area contributed by atoms with Crippen molar-refractivity contribution in [1.82, 2.24) is 15.5 Å². The normalized spacial score (nSPS) is 18.8. The molecule has 1 aliphatic heterocycles. The number of carbonyl (C=O) groups excluding carboxylic acids is 3. The van der Waals surface area contributed by atoms with Gasteiger partial charge in [0.05, 0.1) is 12.6 Å². The van der Waals surface area contributed by atoms with E-state index in [1.54, 1.807) is 0 Å². The van der Waals surface area contributed by atoms with Crippen LogP contribution in [0.2, 0.25) is 0 Å². The van der Waals surface area contributed by atoms with Gasteiger partial charge in [0.15, 0.2) is 0 Å². The number of carboxylic acids is 1. The highest BCUT2D eigenvalue weighted by Gasteiger charge is 2.37. The predicted octanol–water partition coefficient (Wildman–Crippen LogP) is 0.0825. The van der Waals surface area contributed by atoms with E-state index in [-0.39, 0.29) is 18.4 Å². The summed E-state index contributed by atoms with van der Waals surface area (Å²) < 4.78 is 0. The fraction of sp³-hybridized carbons (Fsp3) is 0.789. The van der Waals surface area contributed by atoms with Gasteiger partial charge in [-0.25, -0.2) is 4.79 Å². The maximum Gasteiger partial charge on any atom is 0.326 e. The lowest BCUT2D eigenvalue weighted by atomic mass is 10.0. The summed E-state index contributed by atoms with van der Waals surface area (Å²) in [7, 11) is 0. The summed E-state index contributed by atoms with van der Waals surface area (Å²) in [5.74, 6) is -1.97. The molecule has 0 spiro atoms. The number of hydrogen-bond donors (Lipinski definition) is 4. The summed E-state index contributed by atoms with van der Waals surface area (Å²) in [6.07, 6.45) is 1.92. The van der Waals surface area contributed by atoms with Crippen molar-refractivity contribution in [1.29, 1.82) is 0 Å². The van der Waals surface area contributed by atoms with Crippen LogP contribution in [0.5, 0.6) is 0 Å². The Balaban J connectivity index is 2.67. The number of nitrogens with zero attached hydrogens (tertiary/aromatic N) is 1. The largest absolute Gasteiger partial charge is 0.480 e. The molecule has 0 aromatic rings. The van der Waals surface area contributed by atoms with Crippen molar-refractivity contribution >= 4 is 23.7 Å². The monoisotopic (exact) mass is 398 g/mol. The molecule has 0 saturated carbocycles. The number of nitrogens with two attached hydrogens (primary N) is 1. The van der Waals surface area contributed by atoms with Crippen molar-refractivity contribution in [3.05, 3.63) is 0 Å². The van der Waals surface area contributed by atoms with Crippen LogP contribution in [0.15, 0.2) is 0 Å². The van der Waals surface area contributed by atoms with Crippen molar-refractivity contribution in [2.45, 2.75) is 71.5 Å². The van der Waals surface area contributed by atoms with Crippen LogP contribution < -0.4 is 16.4 Å². The van der Waals surface area contributed by atoms with Crippen LogP contribution in [0, 0.1) is 11.8 Å². The molecule has 1 fully saturated rings. The molecule has 0 aromatic heterocycles. The molecule has 1 aliphatic rings.